The summed E-state index contributed by atoms with van der Waals surface area (Å²) in [6, 6.07) is 11.8. The van der Waals surface area contributed by atoms with Crippen molar-refractivity contribution in [2.45, 2.75) is 0 Å². The molecule has 2 N–H and O–H groups in total. The van der Waals surface area contributed by atoms with Crippen molar-refractivity contribution < 1.29 is 19.7 Å². The highest BCUT2D eigenvalue weighted by molar-refractivity contribution is 7.13. The smallest absolute Gasteiger partial charge is 0.327 e. The van der Waals surface area contributed by atoms with E-state index in [1.165, 1.54) is 29.3 Å². The molecule has 1 aliphatic rings. The number of nitrogens with one attached hydrogen (secondary N) is 1. The Labute approximate surface area is 183 Å². The number of halogens is 1. The summed E-state index contributed by atoms with van der Waals surface area (Å²) >= 11 is 7.00. The Morgan fingerprint density at radius 3 is 2.61 bits per heavy atom. The van der Waals surface area contributed by atoms with Gasteiger partial charge in [-0.1, -0.05) is 17.2 Å². The van der Waals surface area contributed by atoms with Crippen LogP contribution in [0.4, 0.5) is 16.5 Å². The van der Waals surface area contributed by atoms with Crippen LogP contribution in [-0.4, -0.2) is 20.9 Å². The van der Waals surface area contributed by atoms with E-state index < -0.39 is 16.8 Å². The molecule has 0 saturated heterocycles. The van der Waals surface area contributed by atoms with Crippen molar-refractivity contribution in [2.75, 3.05) is 5.01 Å². The number of nitrogens with zero attached hydrogens (tertiary/aromatic N) is 5. The molecular formula is C18H11ClN6O5S. The quantitative estimate of drug-likeness (QED) is 0.316. The topological polar surface area (TPSA) is 143 Å². The normalized spacial score (nSPS) is 13.6. The Morgan fingerprint density at radius 1 is 1.23 bits per heavy atom. The van der Waals surface area contributed by atoms with Crippen molar-refractivity contribution in [2.24, 2.45) is 10.2 Å². The Hall–Kier alpha value is -3.87. The average Bonchev–Trinajstić information content (AvgIpc) is 3.39. The van der Waals surface area contributed by atoms with Gasteiger partial charge in [0.25, 0.3) is 11.6 Å². The highest BCUT2D eigenvalue weighted by Gasteiger charge is 2.29. The number of amides is 1. The summed E-state index contributed by atoms with van der Waals surface area (Å²) in [7, 11) is 0. The van der Waals surface area contributed by atoms with Crippen LogP contribution in [0.15, 0.2) is 70.1 Å². The lowest BCUT2D eigenvalue weighted by atomic mass is 10.2. The molecule has 0 unspecified atom stereocenters. The number of thiazole rings is 1. The maximum atomic E-state index is 12.1. The third-order valence-corrected chi connectivity index (χ3v) is 5.01. The predicted octanol–water partition coefficient (Wildman–Crippen LogP) is 4.77. The standard InChI is InChI=1S/C18H11ClN6O5S/c19-11-3-7-12(8-4-11)24-15(17(27)30-23-24)14-9-31-18(20-14)22-21-16(26)10-1-5-13(6-2-10)25(28)29/h1-9,23,27H. The van der Waals surface area contributed by atoms with Crippen molar-refractivity contribution >= 4 is 51.0 Å². The molecule has 1 aliphatic heterocycles. The fraction of sp³-hybridized carbons (Fsp3) is 0. The molecular weight excluding hydrogens is 448 g/mol. The first-order valence-electron chi connectivity index (χ1n) is 8.50. The number of nitro groups is 1. The van der Waals surface area contributed by atoms with E-state index in [0.29, 0.717) is 16.4 Å². The zero-order valence-corrected chi connectivity index (χ0v) is 16.9. The monoisotopic (exact) mass is 458 g/mol. The molecule has 11 nitrogen and oxygen atoms in total. The largest absolute Gasteiger partial charge is 0.478 e. The van der Waals surface area contributed by atoms with Gasteiger partial charge in [-0.2, -0.15) is 0 Å². The van der Waals surface area contributed by atoms with Gasteiger partial charge in [0.15, 0.2) is 5.70 Å². The van der Waals surface area contributed by atoms with Gasteiger partial charge in [-0.3, -0.25) is 14.9 Å². The number of azo groups is 1. The molecule has 156 valence electrons. The van der Waals surface area contributed by atoms with Crippen molar-refractivity contribution in [1.29, 1.82) is 0 Å². The van der Waals surface area contributed by atoms with Crippen LogP contribution in [0, 0.1) is 10.1 Å². The third kappa shape index (κ3) is 4.35. The first-order valence-corrected chi connectivity index (χ1v) is 9.76. The van der Waals surface area contributed by atoms with Gasteiger partial charge in [-0.25, -0.2) is 9.99 Å². The highest BCUT2D eigenvalue weighted by atomic mass is 35.5. The number of aliphatic hydroxyl groups excluding tert-OH is 1. The summed E-state index contributed by atoms with van der Waals surface area (Å²) in [5.41, 5.74) is 3.77. The first kappa shape index (κ1) is 20.4. The van der Waals surface area contributed by atoms with E-state index >= 15 is 0 Å². The van der Waals surface area contributed by atoms with E-state index in [1.54, 1.807) is 29.6 Å². The minimum atomic E-state index is -0.678. The number of aromatic nitrogens is 1. The molecule has 0 saturated carbocycles. The lowest BCUT2D eigenvalue weighted by molar-refractivity contribution is -0.384. The van der Waals surface area contributed by atoms with Gasteiger partial charge < -0.3 is 9.94 Å². The van der Waals surface area contributed by atoms with Crippen LogP contribution in [0.25, 0.3) is 5.70 Å². The number of anilines is 1. The predicted molar refractivity (Wildman–Crippen MR) is 112 cm³/mol. The van der Waals surface area contributed by atoms with Gasteiger partial charge in [0, 0.05) is 28.1 Å². The molecule has 31 heavy (non-hydrogen) atoms. The highest BCUT2D eigenvalue weighted by Crippen LogP contribution is 2.33. The molecule has 1 aromatic heterocycles. The summed E-state index contributed by atoms with van der Waals surface area (Å²) in [5, 5.41) is 32.0. The van der Waals surface area contributed by atoms with E-state index in [0.717, 1.165) is 11.3 Å². The summed E-state index contributed by atoms with van der Waals surface area (Å²) in [4.78, 5) is 31.5. The summed E-state index contributed by atoms with van der Waals surface area (Å²) < 4.78 is 0. The Balaban J connectivity index is 1.52. The second kappa shape index (κ2) is 8.47. The molecule has 0 fully saturated rings. The number of rotatable bonds is 5. The molecule has 1 amide bonds. The second-order valence-electron chi connectivity index (χ2n) is 5.98. The zero-order chi connectivity index (χ0) is 22.0. The van der Waals surface area contributed by atoms with E-state index in [2.05, 4.69) is 20.8 Å². The summed E-state index contributed by atoms with van der Waals surface area (Å²) in [6.45, 7) is 0. The van der Waals surface area contributed by atoms with Crippen molar-refractivity contribution in [3.63, 3.8) is 0 Å². The number of hydrazine groups is 1. The van der Waals surface area contributed by atoms with Crippen molar-refractivity contribution in [3.05, 3.63) is 86.3 Å². The molecule has 0 atom stereocenters. The van der Waals surface area contributed by atoms with Crippen LogP contribution in [0.3, 0.4) is 0 Å². The number of benzene rings is 2. The van der Waals surface area contributed by atoms with E-state index in [-0.39, 0.29) is 22.1 Å². The Morgan fingerprint density at radius 2 is 1.94 bits per heavy atom. The van der Waals surface area contributed by atoms with Crippen molar-refractivity contribution in [3.8, 4) is 0 Å². The number of aliphatic hydroxyl groups is 1. The fourth-order valence-electron chi connectivity index (χ4n) is 2.57. The average molecular weight is 459 g/mol. The lowest BCUT2D eigenvalue weighted by Crippen LogP contribution is -2.30. The first-order chi connectivity index (χ1) is 14.9. The molecule has 2 heterocycles. The number of hydrogen-bond donors (Lipinski definition) is 2. The van der Waals surface area contributed by atoms with Crippen molar-refractivity contribution in [1.82, 2.24) is 10.6 Å². The van der Waals surface area contributed by atoms with Gasteiger partial charge in [0.1, 0.15) is 5.69 Å². The van der Waals surface area contributed by atoms with Crippen LogP contribution >= 0.6 is 22.9 Å². The number of carbonyl (C=O) groups excluding carboxylic acids is 1. The van der Waals surface area contributed by atoms with Gasteiger partial charge in [0.2, 0.25) is 5.13 Å². The molecule has 0 radical (unpaired) electrons. The SMILES string of the molecule is O=C(N=Nc1nc(C2=C(O)ONN2c2ccc(Cl)cc2)cs1)c1ccc([N+](=O)[O-])cc1. The van der Waals surface area contributed by atoms with Gasteiger partial charge in [-0.05, 0) is 36.4 Å². The number of non-ortho nitro benzene ring substituents is 1. The van der Waals surface area contributed by atoms with Crippen LogP contribution in [0.5, 0.6) is 0 Å². The summed E-state index contributed by atoms with van der Waals surface area (Å²) in [5.74, 6) is -1.08. The van der Waals surface area contributed by atoms with Crippen LogP contribution in [0.2, 0.25) is 5.02 Å². The maximum Gasteiger partial charge on any atom is 0.327 e. The lowest BCUT2D eigenvalue weighted by Gasteiger charge is -2.17. The van der Waals surface area contributed by atoms with E-state index in [9.17, 15) is 20.0 Å². The van der Waals surface area contributed by atoms with E-state index in [1.807, 2.05) is 0 Å². The zero-order valence-electron chi connectivity index (χ0n) is 15.3. The molecule has 2 aromatic carbocycles. The maximum absolute atomic E-state index is 12.1. The van der Waals surface area contributed by atoms with Crippen LogP contribution < -0.4 is 10.6 Å². The minimum absolute atomic E-state index is 0.135. The van der Waals surface area contributed by atoms with Gasteiger partial charge in [0.05, 0.1) is 10.6 Å². The molecule has 13 heteroatoms. The third-order valence-electron chi connectivity index (χ3n) is 4.03. The molecule has 0 bridgehead atoms. The minimum Gasteiger partial charge on any atom is -0.478 e. The molecule has 0 aliphatic carbocycles. The number of hydrogen-bond acceptors (Lipinski definition) is 10. The summed E-state index contributed by atoms with van der Waals surface area (Å²) in [6.07, 6.45) is 0. The molecule has 3 aromatic rings. The Kier molecular flexibility index (Phi) is 5.58. The van der Waals surface area contributed by atoms with Crippen LogP contribution in [-0.2, 0) is 4.84 Å². The van der Waals surface area contributed by atoms with Crippen LogP contribution in [0.1, 0.15) is 16.1 Å². The molecule has 4 rings (SSSR count). The second-order valence-corrected chi connectivity index (χ2v) is 7.26. The fourth-order valence-corrected chi connectivity index (χ4v) is 3.31. The number of nitro benzene ring substituents is 1. The van der Waals surface area contributed by atoms with Gasteiger partial charge >= 0.3 is 5.95 Å². The van der Waals surface area contributed by atoms with E-state index in [4.69, 9.17) is 16.4 Å². The molecule has 0 spiro atoms. The Bertz CT molecular complexity index is 1210. The van der Waals surface area contributed by atoms with Gasteiger partial charge in [-0.15, -0.1) is 21.6 Å². The number of carbonyl (C=O) groups is 1.